The van der Waals surface area contributed by atoms with Crippen molar-refractivity contribution in [3.05, 3.63) is 30.1 Å². The van der Waals surface area contributed by atoms with E-state index in [9.17, 15) is 8.42 Å². The number of nitrogens with one attached hydrogen (secondary N) is 2. The van der Waals surface area contributed by atoms with Gasteiger partial charge in [0.25, 0.3) is 0 Å². The molecular formula is C12H17N3O2S. The highest BCUT2D eigenvalue weighted by molar-refractivity contribution is 7.89. The van der Waals surface area contributed by atoms with E-state index in [1.165, 1.54) is 0 Å². The Hall–Kier alpha value is -1.40. The molecule has 2 rings (SSSR count). The van der Waals surface area contributed by atoms with Crippen LogP contribution in [0.4, 0.5) is 0 Å². The third-order valence-corrected chi connectivity index (χ3v) is 4.31. The summed E-state index contributed by atoms with van der Waals surface area (Å²) in [5.41, 5.74) is 1.75. The highest BCUT2D eigenvalue weighted by Crippen LogP contribution is 2.16. The predicted molar refractivity (Wildman–Crippen MR) is 71.7 cm³/mol. The quantitative estimate of drug-likeness (QED) is 0.869. The maximum absolute atomic E-state index is 11.7. The van der Waals surface area contributed by atoms with Crippen molar-refractivity contribution >= 4 is 21.1 Å². The van der Waals surface area contributed by atoms with Crippen molar-refractivity contribution in [3.8, 4) is 0 Å². The summed E-state index contributed by atoms with van der Waals surface area (Å²) in [5.74, 6) is 0.772. The van der Waals surface area contributed by atoms with Gasteiger partial charge in [0.05, 0.1) is 22.8 Å². The standard InChI is InChI=1S/C12H17N3O2S/c1-3-8-18(16,17)15-9(2)12-13-10-6-4-5-7-11(10)14-12/h4-7,9,15H,3,8H2,1-2H3,(H,13,14). The van der Waals surface area contributed by atoms with E-state index in [0.29, 0.717) is 12.2 Å². The molecule has 98 valence electrons. The van der Waals surface area contributed by atoms with E-state index in [0.717, 1.165) is 11.0 Å². The number of nitrogens with zero attached hydrogens (tertiary/aromatic N) is 1. The molecule has 0 fully saturated rings. The number of hydrogen-bond donors (Lipinski definition) is 2. The van der Waals surface area contributed by atoms with Crippen LogP contribution in [0.5, 0.6) is 0 Å². The largest absolute Gasteiger partial charge is 0.341 e. The average Bonchev–Trinajstić information content (AvgIpc) is 2.71. The first-order valence-corrected chi connectivity index (χ1v) is 7.61. The van der Waals surface area contributed by atoms with Gasteiger partial charge in [0.1, 0.15) is 5.82 Å². The number of imidazole rings is 1. The zero-order valence-electron chi connectivity index (χ0n) is 10.5. The fraction of sp³-hybridized carbons (Fsp3) is 0.417. The molecule has 6 heteroatoms. The molecule has 0 aliphatic heterocycles. The minimum absolute atomic E-state index is 0.136. The van der Waals surface area contributed by atoms with Gasteiger partial charge in [0.2, 0.25) is 10.0 Å². The Balaban J connectivity index is 2.21. The van der Waals surface area contributed by atoms with Crippen LogP contribution >= 0.6 is 0 Å². The lowest BCUT2D eigenvalue weighted by molar-refractivity contribution is 0.560. The summed E-state index contributed by atoms with van der Waals surface area (Å²) in [4.78, 5) is 7.50. The summed E-state index contributed by atoms with van der Waals surface area (Å²) in [6.45, 7) is 3.62. The minimum Gasteiger partial charge on any atom is -0.341 e. The molecule has 1 heterocycles. The number of rotatable bonds is 5. The molecule has 1 atom stereocenters. The number of aromatic nitrogens is 2. The van der Waals surface area contributed by atoms with Gasteiger partial charge in [-0.2, -0.15) is 0 Å². The number of benzene rings is 1. The number of H-pyrrole nitrogens is 1. The summed E-state index contributed by atoms with van der Waals surface area (Å²) in [6.07, 6.45) is 0.599. The van der Waals surface area contributed by atoms with Crippen LogP contribution in [0.15, 0.2) is 24.3 Å². The first-order chi connectivity index (χ1) is 8.52. The Kier molecular flexibility index (Phi) is 3.68. The molecule has 0 aliphatic carbocycles. The topological polar surface area (TPSA) is 74.8 Å². The number of fused-ring (bicyclic) bond motifs is 1. The molecule has 0 bridgehead atoms. The number of aromatic amines is 1. The van der Waals surface area contributed by atoms with Crippen molar-refractivity contribution in [2.45, 2.75) is 26.3 Å². The molecule has 0 saturated carbocycles. The van der Waals surface area contributed by atoms with Crippen molar-refractivity contribution < 1.29 is 8.42 Å². The first-order valence-electron chi connectivity index (χ1n) is 5.96. The van der Waals surface area contributed by atoms with E-state index >= 15 is 0 Å². The maximum Gasteiger partial charge on any atom is 0.212 e. The van der Waals surface area contributed by atoms with Crippen LogP contribution in [-0.4, -0.2) is 24.1 Å². The predicted octanol–water partition coefficient (Wildman–Crippen LogP) is 1.95. The molecule has 0 radical (unpaired) electrons. The zero-order chi connectivity index (χ0) is 13.2. The molecule has 1 aromatic heterocycles. The lowest BCUT2D eigenvalue weighted by Crippen LogP contribution is -2.29. The van der Waals surface area contributed by atoms with E-state index < -0.39 is 10.0 Å². The molecule has 1 aromatic carbocycles. The third kappa shape index (κ3) is 2.88. The molecular weight excluding hydrogens is 250 g/mol. The monoisotopic (exact) mass is 267 g/mol. The van der Waals surface area contributed by atoms with Gasteiger partial charge in [-0.15, -0.1) is 0 Å². The molecule has 18 heavy (non-hydrogen) atoms. The van der Waals surface area contributed by atoms with Crippen molar-refractivity contribution in [2.24, 2.45) is 0 Å². The van der Waals surface area contributed by atoms with Crippen LogP contribution in [0.25, 0.3) is 11.0 Å². The molecule has 0 spiro atoms. The smallest absolute Gasteiger partial charge is 0.212 e. The van der Waals surface area contributed by atoms with E-state index in [4.69, 9.17) is 0 Å². The van der Waals surface area contributed by atoms with Crippen LogP contribution in [0, 0.1) is 0 Å². The number of para-hydroxylation sites is 2. The highest BCUT2D eigenvalue weighted by atomic mass is 32.2. The SMILES string of the molecule is CCCS(=O)(=O)NC(C)c1nc2ccccc2[nH]1. The summed E-state index contributed by atoms with van der Waals surface area (Å²) in [6, 6.07) is 7.27. The van der Waals surface area contributed by atoms with Crippen LogP contribution < -0.4 is 4.72 Å². The van der Waals surface area contributed by atoms with Gasteiger partial charge in [-0.3, -0.25) is 0 Å². The fourth-order valence-electron chi connectivity index (χ4n) is 1.83. The Bertz CT molecular complexity index is 601. The van der Waals surface area contributed by atoms with Gasteiger partial charge in [0, 0.05) is 0 Å². The lowest BCUT2D eigenvalue weighted by atomic mass is 10.3. The summed E-state index contributed by atoms with van der Waals surface area (Å²) < 4.78 is 26.0. The maximum atomic E-state index is 11.7. The van der Waals surface area contributed by atoms with Gasteiger partial charge in [-0.25, -0.2) is 18.1 Å². The molecule has 2 N–H and O–H groups in total. The second kappa shape index (κ2) is 5.07. The molecule has 2 aromatic rings. The van der Waals surface area contributed by atoms with Crippen molar-refractivity contribution in [1.29, 1.82) is 0 Å². The molecule has 1 unspecified atom stereocenters. The van der Waals surface area contributed by atoms with Gasteiger partial charge < -0.3 is 4.98 Å². The Morgan fingerprint density at radius 1 is 1.39 bits per heavy atom. The van der Waals surface area contributed by atoms with E-state index in [1.54, 1.807) is 6.92 Å². The third-order valence-electron chi connectivity index (χ3n) is 2.65. The van der Waals surface area contributed by atoms with Crippen molar-refractivity contribution in [3.63, 3.8) is 0 Å². The van der Waals surface area contributed by atoms with Gasteiger partial charge in [0.15, 0.2) is 0 Å². The summed E-state index contributed by atoms with van der Waals surface area (Å²) in [7, 11) is -3.23. The van der Waals surface area contributed by atoms with Crippen molar-refractivity contribution in [1.82, 2.24) is 14.7 Å². The lowest BCUT2D eigenvalue weighted by Gasteiger charge is -2.11. The van der Waals surface area contributed by atoms with E-state index in [1.807, 2.05) is 31.2 Å². The Morgan fingerprint density at radius 3 is 2.78 bits per heavy atom. The van der Waals surface area contributed by atoms with Crippen molar-refractivity contribution in [2.75, 3.05) is 5.75 Å². The normalized spacial score (nSPS) is 13.9. The summed E-state index contributed by atoms with van der Waals surface area (Å²) in [5, 5.41) is 0. The fourth-order valence-corrected chi connectivity index (χ4v) is 3.14. The van der Waals surface area contributed by atoms with Crippen LogP contribution in [0.1, 0.15) is 32.1 Å². The minimum atomic E-state index is -3.23. The van der Waals surface area contributed by atoms with Gasteiger partial charge in [-0.1, -0.05) is 19.1 Å². The number of sulfonamides is 1. The van der Waals surface area contributed by atoms with E-state index in [2.05, 4.69) is 14.7 Å². The Labute approximate surface area is 107 Å². The average molecular weight is 267 g/mol. The molecule has 5 nitrogen and oxygen atoms in total. The first kappa shape index (κ1) is 13.0. The van der Waals surface area contributed by atoms with Gasteiger partial charge in [-0.05, 0) is 25.5 Å². The van der Waals surface area contributed by atoms with Crippen LogP contribution in [-0.2, 0) is 10.0 Å². The summed E-state index contributed by atoms with van der Waals surface area (Å²) >= 11 is 0. The highest BCUT2D eigenvalue weighted by Gasteiger charge is 2.17. The molecule has 0 aliphatic rings. The molecule has 0 saturated heterocycles. The molecule has 0 amide bonds. The zero-order valence-corrected chi connectivity index (χ0v) is 11.3. The number of hydrogen-bond acceptors (Lipinski definition) is 3. The van der Waals surface area contributed by atoms with Crippen LogP contribution in [0.2, 0.25) is 0 Å². The second-order valence-corrected chi connectivity index (χ2v) is 6.17. The van der Waals surface area contributed by atoms with Gasteiger partial charge >= 0.3 is 0 Å². The van der Waals surface area contributed by atoms with E-state index in [-0.39, 0.29) is 11.8 Å². The van der Waals surface area contributed by atoms with Crippen LogP contribution in [0.3, 0.4) is 0 Å². The second-order valence-electron chi connectivity index (χ2n) is 4.30. The Morgan fingerprint density at radius 2 is 2.11 bits per heavy atom.